The first-order valence-electron chi connectivity index (χ1n) is 12.0. The van der Waals surface area contributed by atoms with E-state index in [1.165, 1.54) is 38.5 Å². The van der Waals surface area contributed by atoms with E-state index in [-0.39, 0.29) is 57.5 Å². The molecule has 0 aromatic carbocycles. The molecule has 0 heterocycles. The zero-order valence-corrected chi connectivity index (χ0v) is 23.6. The molecule has 170 valence electrons. The summed E-state index contributed by atoms with van der Waals surface area (Å²) in [6, 6.07) is 0. The van der Waals surface area contributed by atoms with Gasteiger partial charge in [0.2, 0.25) is 0 Å². The van der Waals surface area contributed by atoms with E-state index < -0.39 is 15.4 Å². The molecule has 0 bridgehead atoms. The molecule has 0 aliphatic rings. The van der Waals surface area contributed by atoms with Crippen LogP contribution in [-0.2, 0) is 10.1 Å². The zero-order valence-electron chi connectivity index (χ0n) is 19.7. The summed E-state index contributed by atoms with van der Waals surface area (Å²) in [5, 5.41) is 9.14. The number of unbranched alkanes of at least 4 members (excludes halogenated alkanes) is 12. The molecule has 29 heavy (non-hydrogen) atoms. The van der Waals surface area contributed by atoms with Crippen molar-refractivity contribution in [3.05, 3.63) is 0 Å². The molecule has 1 N–H and O–H groups in total. The summed E-state index contributed by atoms with van der Waals surface area (Å²) in [5.41, 5.74) is 0. The SMILES string of the molecule is CCCCCC(CCCCCCCCCCCCC(O)CCCC)S(=O)(=O)[O-].[K+]. The van der Waals surface area contributed by atoms with E-state index in [0.717, 1.165) is 70.6 Å². The normalized spacial score (nSPS) is 13.8. The van der Waals surface area contributed by atoms with Crippen LogP contribution >= 0.6 is 0 Å². The maximum absolute atomic E-state index is 11.4. The van der Waals surface area contributed by atoms with Crippen LogP contribution < -0.4 is 51.4 Å². The van der Waals surface area contributed by atoms with Gasteiger partial charge in [-0.25, -0.2) is 8.42 Å². The van der Waals surface area contributed by atoms with Crippen molar-refractivity contribution < 1.29 is 69.5 Å². The average molecular weight is 459 g/mol. The van der Waals surface area contributed by atoms with Crippen molar-refractivity contribution in [2.45, 2.75) is 147 Å². The summed E-state index contributed by atoms with van der Waals surface area (Å²) < 4.78 is 34.1. The van der Waals surface area contributed by atoms with E-state index in [2.05, 4.69) is 13.8 Å². The first kappa shape index (κ1) is 32.7. The van der Waals surface area contributed by atoms with Crippen LogP contribution in [0.3, 0.4) is 0 Å². The summed E-state index contributed by atoms with van der Waals surface area (Å²) >= 11 is 0. The summed E-state index contributed by atoms with van der Waals surface area (Å²) in [6.45, 7) is 4.24. The van der Waals surface area contributed by atoms with Gasteiger partial charge < -0.3 is 9.66 Å². The minimum atomic E-state index is -4.13. The van der Waals surface area contributed by atoms with Gasteiger partial charge in [-0.1, -0.05) is 110 Å². The number of hydrogen-bond acceptors (Lipinski definition) is 4. The summed E-state index contributed by atoms with van der Waals surface area (Å²) in [6.07, 6.45) is 19.8. The van der Waals surface area contributed by atoms with Crippen LogP contribution in [0.25, 0.3) is 0 Å². The van der Waals surface area contributed by atoms with Crippen molar-refractivity contribution >= 4 is 10.1 Å². The van der Waals surface area contributed by atoms with Crippen LogP contribution in [0.2, 0.25) is 0 Å². The Labute approximate surface area is 224 Å². The minimum absolute atomic E-state index is 0. The summed E-state index contributed by atoms with van der Waals surface area (Å²) in [5.74, 6) is 0. The van der Waals surface area contributed by atoms with Gasteiger partial charge in [0.25, 0.3) is 0 Å². The second-order valence-corrected chi connectivity index (χ2v) is 10.2. The summed E-state index contributed by atoms with van der Waals surface area (Å²) in [4.78, 5) is 0. The minimum Gasteiger partial charge on any atom is -0.748 e. The van der Waals surface area contributed by atoms with Gasteiger partial charge in [-0.2, -0.15) is 0 Å². The maximum Gasteiger partial charge on any atom is 1.00 e. The Morgan fingerprint density at radius 2 is 0.966 bits per heavy atom. The monoisotopic (exact) mass is 458 g/mol. The smallest absolute Gasteiger partial charge is 0.748 e. The molecule has 4 nitrogen and oxygen atoms in total. The van der Waals surface area contributed by atoms with Crippen molar-refractivity contribution in [3.63, 3.8) is 0 Å². The van der Waals surface area contributed by atoms with Crippen LogP contribution in [0.15, 0.2) is 0 Å². The van der Waals surface area contributed by atoms with Crippen LogP contribution in [0.4, 0.5) is 0 Å². The Bertz CT molecular complexity index is 429. The van der Waals surface area contributed by atoms with Crippen molar-refractivity contribution in [1.82, 2.24) is 0 Å². The van der Waals surface area contributed by atoms with E-state index in [1.54, 1.807) is 0 Å². The van der Waals surface area contributed by atoms with E-state index in [9.17, 15) is 18.1 Å². The Hall–Kier alpha value is 1.51. The molecule has 0 saturated carbocycles. The molecular formula is C23H47KO4S. The van der Waals surface area contributed by atoms with Crippen molar-refractivity contribution in [2.75, 3.05) is 0 Å². The third-order valence-electron chi connectivity index (χ3n) is 5.74. The number of aliphatic hydroxyl groups excluding tert-OH is 1. The predicted molar refractivity (Wildman–Crippen MR) is 119 cm³/mol. The van der Waals surface area contributed by atoms with Crippen LogP contribution in [0.5, 0.6) is 0 Å². The van der Waals surface area contributed by atoms with Gasteiger partial charge >= 0.3 is 51.4 Å². The first-order chi connectivity index (χ1) is 13.4. The molecule has 0 aromatic heterocycles. The second kappa shape index (κ2) is 22.7. The van der Waals surface area contributed by atoms with Crippen LogP contribution in [0.1, 0.15) is 136 Å². The second-order valence-electron chi connectivity index (χ2n) is 8.52. The molecule has 0 rings (SSSR count). The maximum atomic E-state index is 11.4. The molecule has 0 spiro atoms. The van der Waals surface area contributed by atoms with Crippen molar-refractivity contribution in [1.29, 1.82) is 0 Å². The first-order valence-corrected chi connectivity index (χ1v) is 13.5. The number of aliphatic hydroxyl groups is 1. The molecule has 0 radical (unpaired) electrons. The molecule has 0 aliphatic carbocycles. The molecule has 2 unspecified atom stereocenters. The van der Waals surface area contributed by atoms with Crippen molar-refractivity contribution in [3.8, 4) is 0 Å². The van der Waals surface area contributed by atoms with E-state index in [0.29, 0.717) is 12.8 Å². The van der Waals surface area contributed by atoms with Gasteiger partial charge in [0, 0.05) is 5.25 Å². The van der Waals surface area contributed by atoms with Gasteiger partial charge in [0.15, 0.2) is 0 Å². The number of hydrogen-bond donors (Lipinski definition) is 1. The van der Waals surface area contributed by atoms with Gasteiger partial charge in [0.05, 0.1) is 16.2 Å². The topological polar surface area (TPSA) is 77.4 Å². The van der Waals surface area contributed by atoms with Gasteiger partial charge in [0.1, 0.15) is 0 Å². The van der Waals surface area contributed by atoms with Crippen molar-refractivity contribution in [2.24, 2.45) is 0 Å². The fraction of sp³-hybridized carbons (Fsp3) is 1.00. The van der Waals surface area contributed by atoms with Crippen LogP contribution in [-0.4, -0.2) is 29.4 Å². The van der Waals surface area contributed by atoms with E-state index in [1.807, 2.05) is 0 Å². The standard InChI is InChI=1S/C23H48O4S.K/c1-3-5-15-20-23(28(25,26)27)21-17-14-12-10-8-7-9-11-13-16-19-22(24)18-6-4-2;/h22-24H,3-21H2,1-2H3,(H,25,26,27);/q;+1/p-1. The fourth-order valence-electron chi connectivity index (χ4n) is 3.81. The Balaban J connectivity index is 0. The fourth-order valence-corrected chi connectivity index (χ4v) is 4.72. The quantitative estimate of drug-likeness (QED) is 0.162. The molecule has 0 amide bonds. The number of rotatable bonds is 21. The molecule has 6 heteroatoms. The largest absolute Gasteiger partial charge is 1.00 e. The average Bonchev–Trinajstić information content (AvgIpc) is 2.64. The molecule has 0 aromatic rings. The van der Waals surface area contributed by atoms with Gasteiger partial charge in [-0.15, -0.1) is 0 Å². The third-order valence-corrected chi connectivity index (χ3v) is 7.03. The van der Waals surface area contributed by atoms with Gasteiger partial charge in [-0.3, -0.25) is 0 Å². The molecule has 0 aliphatic heterocycles. The Kier molecular flexibility index (Phi) is 25.6. The molecule has 0 saturated heterocycles. The molecule has 0 fully saturated rings. The predicted octanol–water partition coefficient (Wildman–Crippen LogP) is 3.72. The zero-order chi connectivity index (χ0) is 21.1. The third kappa shape index (κ3) is 22.5. The molecule has 2 atom stereocenters. The summed E-state index contributed by atoms with van der Waals surface area (Å²) in [7, 11) is -4.13. The molecular weight excluding hydrogens is 411 g/mol. The van der Waals surface area contributed by atoms with Crippen LogP contribution in [0, 0.1) is 0 Å². The van der Waals surface area contributed by atoms with Gasteiger partial charge in [-0.05, 0) is 25.7 Å². The Morgan fingerprint density at radius 1 is 0.621 bits per heavy atom. The van der Waals surface area contributed by atoms with E-state index >= 15 is 0 Å². The van der Waals surface area contributed by atoms with E-state index in [4.69, 9.17) is 0 Å². The Morgan fingerprint density at radius 3 is 1.38 bits per heavy atom.